The second-order valence-corrected chi connectivity index (χ2v) is 9.17. The van der Waals surface area contributed by atoms with Crippen molar-refractivity contribution in [3.8, 4) is 0 Å². The van der Waals surface area contributed by atoms with Crippen molar-refractivity contribution in [2.45, 2.75) is 31.7 Å². The van der Waals surface area contributed by atoms with E-state index in [0.717, 1.165) is 17.2 Å². The molecule has 9 heteroatoms. The van der Waals surface area contributed by atoms with Crippen LogP contribution in [0.25, 0.3) is 0 Å². The van der Waals surface area contributed by atoms with Gasteiger partial charge in [-0.05, 0) is 49.5 Å². The van der Waals surface area contributed by atoms with E-state index in [1.54, 1.807) is 6.20 Å². The summed E-state index contributed by atoms with van der Waals surface area (Å²) in [7, 11) is 0. The van der Waals surface area contributed by atoms with Crippen LogP contribution in [0.2, 0.25) is 10.2 Å². The molecule has 2 aromatic heterocycles. The number of anilines is 2. The second-order valence-electron chi connectivity index (χ2n) is 8.40. The smallest absolute Gasteiger partial charge is 0.246 e. The van der Waals surface area contributed by atoms with Crippen LogP contribution in [0.4, 0.5) is 11.6 Å². The zero-order valence-corrected chi connectivity index (χ0v) is 19.4. The summed E-state index contributed by atoms with van der Waals surface area (Å²) in [4.78, 5) is 32.4. The normalized spacial score (nSPS) is 20.7. The third-order valence-corrected chi connectivity index (χ3v) is 6.92. The lowest BCUT2D eigenvalue weighted by molar-refractivity contribution is -0.128. The Labute approximate surface area is 197 Å². The van der Waals surface area contributed by atoms with Crippen LogP contribution in [-0.4, -0.2) is 63.9 Å². The van der Waals surface area contributed by atoms with Crippen molar-refractivity contribution in [1.82, 2.24) is 19.8 Å². The number of pyridine rings is 2. The lowest BCUT2D eigenvalue weighted by Gasteiger charge is -2.43. The Morgan fingerprint density at radius 1 is 1.25 bits per heavy atom. The van der Waals surface area contributed by atoms with E-state index in [9.17, 15) is 4.79 Å². The maximum atomic E-state index is 12.1. The molecule has 1 saturated heterocycles. The zero-order chi connectivity index (χ0) is 22.4. The second kappa shape index (κ2) is 8.37. The molecule has 166 valence electrons. The van der Waals surface area contributed by atoms with Gasteiger partial charge in [0.1, 0.15) is 29.3 Å². The molecule has 2 aliphatic heterocycles. The molecular formula is C23H24Cl2N6O. The number of aromatic nitrogens is 2. The average Bonchev–Trinajstić information content (AvgIpc) is 3.64. The summed E-state index contributed by atoms with van der Waals surface area (Å²) in [5, 5.41) is 0.645. The first-order chi connectivity index (χ1) is 15.5. The predicted molar refractivity (Wildman–Crippen MR) is 127 cm³/mol. The van der Waals surface area contributed by atoms with E-state index in [-0.39, 0.29) is 17.1 Å². The molecule has 32 heavy (non-hydrogen) atoms. The molecule has 0 spiro atoms. The molecule has 0 unspecified atom stereocenters. The fraction of sp³-hybridized carbons (Fsp3) is 0.391. The van der Waals surface area contributed by atoms with Crippen LogP contribution < -0.4 is 4.90 Å². The molecule has 0 aromatic carbocycles. The van der Waals surface area contributed by atoms with Crippen LogP contribution in [-0.2, 0) is 4.79 Å². The summed E-state index contributed by atoms with van der Waals surface area (Å²) in [6.07, 6.45) is 5.51. The topological polar surface area (TPSA) is 64.9 Å². The number of amides is 1. The first-order valence-corrected chi connectivity index (χ1v) is 11.5. The minimum Gasteiger partial charge on any atom is -0.350 e. The van der Waals surface area contributed by atoms with E-state index in [1.807, 2.05) is 21.9 Å². The number of rotatable bonds is 3. The number of nitrogens with zero attached hydrogens (tertiary/aromatic N) is 6. The highest BCUT2D eigenvalue weighted by atomic mass is 35.5. The summed E-state index contributed by atoms with van der Waals surface area (Å²) in [5.74, 6) is 2.89. The monoisotopic (exact) mass is 470 g/mol. The lowest BCUT2D eigenvalue weighted by atomic mass is 10.1. The summed E-state index contributed by atoms with van der Waals surface area (Å²) in [5.41, 5.74) is 2.04. The molecule has 1 amide bonds. The Kier molecular flexibility index (Phi) is 5.55. The number of halogens is 2. The van der Waals surface area contributed by atoms with Crippen LogP contribution in [0.1, 0.15) is 36.8 Å². The molecule has 2 aromatic rings. The molecular weight excluding hydrogens is 447 g/mol. The van der Waals surface area contributed by atoms with Gasteiger partial charge in [-0.3, -0.25) is 9.69 Å². The summed E-state index contributed by atoms with van der Waals surface area (Å²) in [6.45, 7) is 7.95. The van der Waals surface area contributed by atoms with Crippen LogP contribution in [0.15, 0.2) is 42.0 Å². The van der Waals surface area contributed by atoms with Gasteiger partial charge in [0.05, 0.1) is 10.6 Å². The van der Waals surface area contributed by atoms with Crippen LogP contribution in [0.5, 0.6) is 0 Å². The van der Waals surface area contributed by atoms with E-state index >= 15 is 0 Å². The molecule has 7 nitrogen and oxygen atoms in total. The van der Waals surface area contributed by atoms with Crippen molar-refractivity contribution in [1.29, 1.82) is 0 Å². The number of amidine groups is 1. The summed E-state index contributed by atoms with van der Waals surface area (Å²) in [6, 6.07) is 6.03. The van der Waals surface area contributed by atoms with E-state index in [0.29, 0.717) is 43.1 Å². The van der Waals surface area contributed by atoms with Gasteiger partial charge < -0.3 is 9.80 Å². The van der Waals surface area contributed by atoms with E-state index in [4.69, 9.17) is 28.2 Å². The average molecular weight is 471 g/mol. The number of piperazine rings is 1. The third-order valence-electron chi connectivity index (χ3n) is 6.25. The van der Waals surface area contributed by atoms with Gasteiger partial charge in [-0.2, -0.15) is 0 Å². The standard InChI is InChI=1S/C23H24Cl2N6O/c1-3-19(32)29-9-10-30(14(2)12-29)22-17-11-18(24)20(25)28-23(17)31(13-27-22)21-16(15-6-7-15)5-4-8-26-21/h3-5,8,11,14-15H,1,6-7,9-10,12-13H2,2H3/t14-/m0/s1. The Bertz CT molecular complexity index is 1120. The molecule has 1 atom stereocenters. The number of carbonyl (C=O) groups is 1. The van der Waals surface area contributed by atoms with Gasteiger partial charge in [-0.25, -0.2) is 15.0 Å². The fourth-order valence-electron chi connectivity index (χ4n) is 4.48. The van der Waals surface area contributed by atoms with Gasteiger partial charge in [0.15, 0.2) is 0 Å². The molecule has 0 radical (unpaired) electrons. The van der Waals surface area contributed by atoms with Crippen molar-refractivity contribution in [3.05, 3.63) is 58.4 Å². The largest absolute Gasteiger partial charge is 0.350 e. The summed E-state index contributed by atoms with van der Waals surface area (Å²) < 4.78 is 0. The van der Waals surface area contributed by atoms with Crippen molar-refractivity contribution in [2.75, 3.05) is 31.2 Å². The van der Waals surface area contributed by atoms with Gasteiger partial charge in [0, 0.05) is 31.9 Å². The molecule has 3 aliphatic rings. The highest BCUT2D eigenvalue weighted by Gasteiger charge is 2.35. The summed E-state index contributed by atoms with van der Waals surface area (Å²) >= 11 is 12.7. The minimum absolute atomic E-state index is 0.0482. The molecule has 1 saturated carbocycles. The maximum absolute atomic E-state index is 12.1. The molecule has 0 N–H and O–H groups in total. The first-order valence-electron chi connectivity index (χ1n) is 10.8. The first kappa shape index (κ1) is 21.2. The van der Waals surface area contributed by atoms with E-state index in [1.165, 1.54) is 24.5 Å². The zero-order valence-electron chi connectivity index (χ0n) is 17.8. The molecule has 0 bridgehead atoms. The predicted octanol–water partition coefficient (Wildman–Crippen LogP) is 4.24. The highest BCUT2D eigenvalue weighted by Crippen LogP contribution is 2.45. The van der Waals surface area contributed by atoms with Gasteiger partial charge in [-0.1, -0.05) is 35.8 Å². The number of aliphatic imine (C=N–C) groups is 1. The van der Waals surface area contributed by atoms with Gasteiger partial charge in [-0.15, -0.1) is 0 Å². The SMILES string of the molecule is C=CC(=O)N1CCN(C2=NCN(c3ncccc3C3CC3)c3nc(Cl)c(Cl)cc32)[C@@H](C)C1. The minimum atomic E-state index is -0.0482. The van der Waals surface area contributed by atoms with Crippen LogP contribution in [0.3, 0.4) is 0 Å². The van der Waals surface area contributed by atoms with Crippen molar-refractivity contribution in [3.63, 3.8) is 0 Å². The van der Waals surface area contributed by atoms with E-state index in [2.05, 4.69) is 34.4 Å². The van der Waals surface area contributed by atoms with Crippen molar-refractivity contribution in [2.24, 2.45) is 4.99 Å². The fourth-order valence-corrected chi connectivity index (χ4v) is 4.77. The molecule has 5 rings (SSSR count). The number of hydrogen-bond donors (Lipinski definition) is 0. The van der Waals surface area contributed by atoms with E-state index < -0.39 is 0 Å². The highest BCUT2D eigenvalue weighted by molar-refractivity contribution is 6.41. The van der Waals surface area contributed by atoms with Crippen LogP contribution >= 0.6 is 23.2 Å². The van der Waals surface area contributed by atoms with Gasteiger partial charge >= 0.3 is 0 Å². The molecule has 4 heterocycles. The van der Waals surface area contributed by atoms with Crippen LogP contribution in [0, 0.1) is 0 Å². The van der Waals surface area contributed by atoms with Crippen molar-refractivity contribution >= 4 is 46.6 Å². The Hall–Kier alpha value is -2.64. The van der Waals surface area contributed by atoms with Gasteiger partial charge in [0.25, 0.3) is 0 Å². The maximum Gasteiger partial charge on any atom is 0.246 e. The third kappa shape index (κ3) is 3.73. The Morgan fingerprint density at radius 2 is 2.06 bits per heavy atom. The number of hydrogen-bond acceptors (Lipinski definition) is 6. The lowest BCUT2D eigenvalue weighted by Crippen LogP contribution is -2.56. The molecule has 1 aliphatic carbocycles. The number of fused-ring (bicyclic) bond motifs is 1. The molecule has 2 fully saturated rings. The Morgan fingerprint density at radius 3 is 2.78 bits per heavy atom. The van der Waals surface area contributed by atoms with Gasteiger partial charge in [0.2, 0.25) is 5.91 Å². The Balaban J connectivity index is 1.52. The van der Waals surface area contributed by atoms with Crippen molar-refractivity contribution < 1.29 is 4.79 Å². The quantitative estimate of drug-likeness (QED) is 0.495. The number of carbonyl (C=O) groups excluding carboxylic acids is 1.